The minimum absolute atomic E-state index is 0.113. The number of hydrogen-bond acceptors (Lipinski definition) is 6. The van der Waals surface area contributed by atoms with Gasteiger partial charge in [-0.05, 0) is 64.8 Å². The van der Waals surface area contributed by atoms with Gasteiger partial charge in [0, 0.05) is 5.69 Å². The van der Waals surface area contributed by atoms with Crippen LogP contribution in [0.3, 0.4) is 0 Å². The lowest BCUT2D eigenvalue weighted by Crippen LogP contribution is -2.15. The Morgan fingerprint density at radius 3 is 2.58 bits per heavy atom. The molecule has 0 fully saturated rings. The number of hydrogen-bond donors (Lipinski definition) is 1. The maximum atomic E-state index is 12.9. The molecule has 0 saturated heterocycles. The van der Waals surface area contributed by atoms with E-state index in [-0.39, 0.29) is 36.0 Å². The Morgan fingerprint density at radius 2 is 1.97 bits per heavy atom. The number of benzene rings is 2. The second kappa shape index (κ2) is 11.4. The molecule has 1 amide bonds. The molecule has 0 aromatic heterocycles. The number of rotatable bonds is 8. The van der Waals surface area contributed by atoms with Crippen LogP contribution in [0.4, 0.5) is 18.9 Å². The molecule has 0 radical (unpaired) electrons. The van der Waals surface area contributed by atoms with Crippen molar-refractivity contribution in [2.45, 2.75) is 13.1 Å². The van der Waals surface area contributed by atoms with Gasteiger partial charge in [0.1, 0.15) is 11.6 Å². The smallest absolute Gasteiger partial charge is 0.416 e. The van der Waals surface area contributed by atoms with Gasteiger partial charge in [0.25, 0.3) is 5.91 Å². The molecular weight excluding hydrogens is 509 g/mol. The van der Waals surface area contributed by atoms with Crippen molar-refractivity contribution in [1.29, 1.82) is 5.26 Å². The molecule has 2 rings (SSSR count). The number of halogens is 4. The molecule has 0 atom stereocenters. The van der Waals surface area contributed by atoms with Crippen LogP contribution in [0.25, 0.3) is 6.08 Å². The molecule has 1 N–H and O–H groups in total. The zero-order valence-corrected chi connectivity index (χ0v) is 19.0. The van der Waals surface area contributed by atoms with Crippen molar-refractivity contribution in [1.82, 2.24) is 0 Å². The molecule has 2 aromatic carbocycles. The van der Waals surface area contributed by atoms with Crippen LogP contribution in [0.2, 0.25) is 0 Å². The zero-order valence-electron chi connectivity index (χ0n) is 17.5. The van der Waals surface area contributed by atoms with Crippen molar-refractivity contribution in [3.8, 4) is 17.6 Å². The van der Waals surface area contributed by atoms with Crippen LogP contribution in [0.1, 0.15) is 18.1 Å². The molecule has 174 valence electrons. The predicted molar refractivity (Wildman–Crippen MR) is 116 cm³/mol. The minimum atomic E-state index is -4.57. The van der Waals surface area contributed by atoms with Gasteiger partial charge >= 0.3 is 12.1 Å². The summed E-state index contributed by atoms with van der Waals surface area (Å²) in [5, 5.41) is 11.7. The Bertz CT molecular complexity index is 1110. The summed E-state index contributed by atoms with van der Waals surface area (Å²) in [5.41, 5.74) is -1.05. The summed E-state index contributed by atoms with van der Waals surface area (Å²) in [7, 11) is 1.36. The van der Waals surface area contributed by atoms with Gasteiger partial charge in [0.2, 0.25) is 0 Å². The molecule has 0 aliphatic heterocycles. The lowest BCUT2D eigenvalue weighted by atomic mass is 10.1. The fourth-order valence-electron chi connectivity index (χ4n) is 2.58. The van der Waals surface area contributed by atoms with E-state index in [2.05, 4.69) is 21.2 Å². The Hall–Kier alpha value is -3.52. The second-order valence-corrected chi connectivity index (χ2v) is 7.18. The van der Waals surface area contributed by atoms with Crippen LogP contribution in [-0.2, 0) is 20.5 Å². The lowest BCUT2D eigenvalue weighted by molar-refractivity contribution is -0.145. The molecule has 33 heavy (non-hydrogen) atoms. The first kappa shape index (κ1) is 25.7. The van der Waals surface area contributed by atoms with E-state index in [0.29, 0.717) is 10.0 Å². The van der Waals surface area contributed by atoms with Crippen LogP contribution in [0.15, 0.2) is 46.4 Å². The van der Waals surface area contributed by atoms with Crippen molar-refractivity contribution in [3.05, 3.63) is 57.6 Å². The van der Waals surface area contributed by atoms with Crippen LogP contribution in [0.5, 0.6) is 11.5 Å². The highest BCUT2D eigenvalue weighted by Crippen LogP contribution is 2.37. The van der Waals surface area contributed by atoms with Crippen LogP contribution in [0, 0.1) is 11.3 Å². The molecule has 0 aliphatic carbocycles. The molecule has 2 aromatic rings. The van der Waals surface area contributed by atoms with Crippen molar-refractivity contribution >= 4 is 39.6 Å². The maximum absolute atomic E-state index is 12.9. The maximum Gasteiger partial charge on any atom is 0.416 e. The van der Waals surface area contributed by atoms with Gasteiger partial charge in [-0.1, -0.05) is 6.07 Å². The number of methoxy groups -OCH3 is 1. The summed E-state index contributed by atoms with van der Waals surface area (Å²) in [6.45, 7) is 1.50. The van der Waals surface area contributed by atoms with Gasteiger partial charge in [-0.25, -0.2) is 4.79 Å². The number of nitrogens with zero attached hydrogens (tertiary/aromatic N) is 1. The second-order valence-electron chi connectivity index (χ2n) is 6.33. The van der Waals surface area contributed by atoms with E-state index >= 15 is 0 Å². The molecule has 7 nitrogen and oxygen atoms in total. The average Bonchev–Trinajstić information content (AvgIpc) is 2.76. The number of alkyl halides is 3. The first-order chi connectivity index (χ1) is 15.6. The Morgan fingerprint density at radius 1 is 1.24 bits per heavy atom. The monoisotopic (exact) mass is 526 g/mol. The number of carbonyl (C=O) groups is 2. The summed E-state index contributed by atoms with van der Waals surface area (Å²) in [6.07, 6.45) is -3.35. The van der Waals surface area contributed by atoms with E-state index < -0.39 is 23.6 Å². The first-order valence-corrected chi connectivity index (χ1v) is 10.1. The van der Waals surface area contributed by atoms with E-state index in [4.69, 9.17) is 14.2 Å². The topological polar surface area (TPSA) is 97.7 Å². The summed E-state index contributed by atoms with van der Waals surface area (Å²) >= 11 is 3.28. The van der Waals surface area contributed by atoms with E-state index in [1.165, 1.54) is 31.4 Å². The largest absolute Gasteiger partial charge is 0.493 e. The third-order valence-corrected chi connectivity index (χ3v) is 4.60. The number of nitrogens with one attached hydrogen (secondary N) is 1. The van der Waals surface area contributed by atoms with Crippen molar-refractivity contribution in [2.75, 3.05) is 25.6 Å². The highest BCUT2D eigenvalue weighted by atomic mass is 79.9. The average molecular weight is 527 g/mol. The zero-order chi connectivity index (χ0) is 24.6. The van der Waals surface area contributed by atoms with Crippen molar-refractivity contribution in [3.63, 3.8) is 0 Å². The Balaban J connectivity index is 2.26. The standard InChI is InChI=1S/C22H18BrF3N2O5/c1-3-32-19(29)12-33-20-17(23)8-13(9-18(20)31-2)7-14(11-27)21(30)28-16-6-4-5-15(10-16)22(24,25)26/h4-10H,3,12H2,1-2H3,(H,28,30)/b14-7-. The quantitative estimate of drug-likeness (QED) is 0.296. The molecule has 11 heteroatoms. The normalized spacial score (nSPS) is 11.4. The fraction of sp³-hybridized carbons (Fsp3) is 0.227. The summed E-state index contributed by atoms with van der Waals surface area (Å²) in [6, 6.07) is 8.74. The van der Waals surface area contributed by atoms with Gasteiger partial charge in [0.15, 0.2) is 18.1 Å². The summed E-state index contributed by atoms with van der Waals surface area (Å²) in [4.78, 5) is 24.0. The highest BCUT2D eigenvalue weighted by Gasteiger charge is 2.30. The van der Waals surface area contributed by atoms with Gasteiger partial charge in [-0.3, -0.25) is 4.79 Å². The molecule has 0 spiro atoms. The molecule has 0 unspecified atom stereocenters. The predicted octanol–water partition coefficient (Wildman–Crippen LogP) is 4.96. The first-order valence-electron chi connectivity index (χ1n) is 9.35. The van der Waals surface area contributed by atoms with Crippen molar-refractivity contribution < 1.29 is 37.0 Å². The molecule has 0 heterocycles. The van der Waals surface area contributed by atoms with Crippen LogP contribution in [-0.4, -0.2) is 32.2 Å². The van der Waals surface area contributed by atoms with Gasteiger partial charge in [-0.2, -0.15) is 18.4 Å². The number of nitriles is 1. The van der Waals surface area contributed by atoms with E-state index in [1.54, 1.807) is 13.0 Å². The van der Waals surface area contributed by atoms with Crippen LogP contribution >= 0.6 is 15.9 Å². The third kappa shape index (κ3) is 7.25. The van der Waals surface area contributed by atoms with Crippen LogP contribution < -0.4 is 14.8 Å². The number of carbonyl (C=O) groups excluding carboxylic acids is 2. The number of esters is 1. The molecular formula is C22H18BrF3N2O5. The minimum Gasteiger partial charge on any atom is -0.493 e. The van der Waals surface area contributed by atoms with E-state index in [0.717, 1.165) is 18.2 Å². The Labute approximate surface area is 195 Å². The van der Waals surface area contributed by atoms with E-state index in [1.807, 2.05) is 0 Å². The summed E-state index contributed by atoms with van der Waals surface area (Å²) < 4.78 is 54.4. The molecule has 0 bridgehead atoms. The summed E-state index contributed by atoms with van der Waals surface area (Å²) in [5.74, 6) is -1.06. The fourth-order valence-corrected chi connectivity index (χ4v) is 3.16. The number of ether oxygens (including phenoxy) is 3. The van der Waals surface area contributed by atoms with Gasteiger partial charge < -0.3 is 19.5 Å². The van der Waals surface area contributed by atoms with Gasteiger partial charge in [-0.15, -0.1) is 0 Å². The van der Waals surface area contributed by atoms with Gasteiger partial charge in [0.05, 0.1) is 23.8 Å². The SMILES string of the molecule is CCOC(=O)COc1c(Br)cc(/C=C(/C#N)C(=O)Nc2cccc(C(F)(F)F)c2)cc1OC. The molecule has 0 saturated carbocycles. The van der Waals surface area contributed by atoms with E-state index in [9.17, 15) is 28.0 Å². The lowest BCUT2D eigenvalue weighted by Gasteiger charge is -2.13. The van der Waals surface area contributed by atoms with Crippen molar-refractivity contribution in [2.24, 2.45) is 0 Å². The third-order valence-electron chi connectivity index (χ3n) is 4.02. The Kier molecular flexibility index (Phi) is 8.87. The number of amides is 1. The molecule has 0 aliphatic rings. The number of anilines is 1. The highest BCUT2D eigenvalue weighted by molar-refractivity contribution is 9.10.